The zero-order valence-electron chi connectivity index (χ0n) is 10.5. The summed E-state index contributed by atoms with van der Waals surface area (Å²) < 4.78 is 9.94. The van der Waals surface area contributed by atoms with Crippen molar-refractivity contribution < 1.29 is 19.1 Å². The largest absolute Gasteiger partial charge is 0.457 e. The van der Waals surface area contributed by atoms with E-state index in [2.05, 4.69) is 0 Å². The minimum absolute atomic E-state index is 0.256. The minimum Gasteiger partial charge on any atom is -0.457 e. The van der Waals surface area contributed by atoms with Gasteiger partial charge in [-0.2, -0.15) is 0 Å². The van der Waals surface area contributed by atoms with Crippen LogP contribution in [0.4, 0.5) is 9.59 Å². The highest BCUT2D eigenvalue weighted by Gasteiger charge is 2.04. The fourth-order valence-corrected chi connectivity index (χ4v) is 3.04. The van der Waals surface area contributed by atoms with Gasteiger partial charge in [-0.05, 0) is 12.8 Å². The van der Waals surface area contributed by atoms with E-state index < -0.39 is 0 Å². The lowest BCUT2D eigenvalue weighted by Crippen LogP contribution is -2.02. The Hall–Kier alpha value is 0.340. The molecule has 18 heavy (non-hydrogen) atoms. The molecule has 106 valence electrons. The molecule has 0 aliphatic rings. The van der Waals surface area contributed by atoms with Gasteiger partial charge in [-0.15, -0.1) is 0 Å². The van der Waals surface area contributed by atoms with Crippen molar-refractivity contribution in [2.24, 2.45) is 0 Å². The third-order valence-corrected chi connectivity index (χ3v) is 5.62. The average Bonchev–Trinajstić information content (AvgIpc) is 2.37. The second kappa shape index (κ2) is 13.8. The van der Waals surface area contributed by atoms with E-state index in [1.54, 1.807) is 0 Å². The first kappa shape index (κ1) is 18.3. The number of hydrogen-bond acceptors (Lipinski definition) is 8. The predicted molar refractivity (Wildman–Crippen MR) is 83.4 cm³/mol. The number of unbranched alkanes of at least 4 members (excludes halogenated alkanes) is 1. The van der Waals surface area contributed by atoms with Crippen molar-refractivity contribution in [3.8, 4) is 0 Å². The SMILES string of the molecule is CCSSC(=O)OCCCCOC(=O)SSCC. The molecule has 0 heterocycles. The van der Waals surface area contributed by atoms with Gasteiger partial charge >= 0.3 is 10.6 Å². The van der Waals surface area contributed by atoms with Crippen molar-refractivity contribution >= 4 is 53.8 Å². The number of ether oxygens (including phenoxy) is 2. The first-order valence-electron chi connectivity index (χ1n) is 5.63. The van der Waals surface area contributed by atoms with Crippen LogP contribution in [0, 0.1) is 0 Å². The molecule has 0 aromatic heterocycles. The van der Waals surface area contributed by atoms with Crippen LogP contribution in [-0.4, -0.2) is 35.3 Å². The quantitative estimate of drug-likeness (QED) is 0.338. The second-order valence-corrected chi connectivity index (χ2v) is 7.92. The van der Waals surface area contributed by atoms with Gasteiger partial charge in [-0.25, -0.2) is 9.59 Å². The van der Waals surface area contributed by atoms with Crippen molar-refractivity contribution in [2.45, 2.75) is 26.7 Å². The van der Waals surface area contributed by atoms with Gasteiger partial charge in [0.05, 0.1) is 13.2 Å². The maximum absolute atomic E-state index is 11.1. The topological polar surface area (TPSA) is 52.6 Å². The van der Waals surface area contributed by atoms with Gasteiger partial charge in [0.15, 0.2) is 0 Å². The molecule has 0 saturated heterocycles. The molecule has 0 aliphatic heterocycles. The van der Waals surface area contributed by atoms with Gasteiger partial charge < -0.3 is 9.47 Å². The molecule has 0 radical (unpaired) electrons. The average molecular weight is 331 g/mol. The summed E-state index contributed by atoms with van der Waals surface area (Å²) in [6, 6.07) is 0. The summed E-state index contributed by atoms with van der Waals surface area (Å²) in [6.45, 7) is 4.72. The van der Waals surface area contributed by atoms with E-state index in [4.69, 9.17) is 9.47 Å². The summed E-state index contributed by atoms with van der Waals surface area (Å²) in [5, 5.41) is -0.512. The molecule has 0 bridgehead atoms. The molecule has 0 aromatic rings. The Morgan fingerprint density at radius 1 is 0.833 bits per heavy atom. The van der Waals surface area contributed by atoms with E-state index in [1.165, 1.54) is 21.6 Å². The molecule has 4 nitrogen and oxygen atoms in total. The Balaban J connectivity index is 3.25. The minimum atomic E-state index is -0.256. The molecule has 0 aliphatic carbocycles. The molecule has 0 N–H and O–H groups in total. The molecule has 0 amide bonds. The van der Waals surface area contributed by atoms with E-state index in [0.717, 1.165) is 33.1 Å². The van der Waals surface area contributed by atoms with Gasteiger partial charge in [0, 0.05) is 33.1 Å². The maximum atomic E-state index is 11.1. The highest BCUT2D eigenvalue weighted by atomic mass is 33.1. The molecule has 0 atom stereocenters. The second-order valence-electron chi connectivity index (χ2n) is 2.88. The first-order chi connectivity index (χ1) is 8.70. The smallest absolute Gasteiger partial charge is 0.378 e. The lowest BCUT2D eigenvalue weighted by Gasteiger charge is -2.04. The van der Waals surface area contributed by atoms with E-state index in [9.17, 15) is 9.59 Å². The lowest BCUT2D eigenvalue weighted by atomic mass is 10.3. The van der Waals surface area contributed by atoms with Gasteiger partial charge in [-0.1, -0.05) is 35.4 Å². The summed E-state index contributed by atoms with van der Waals surface area (Å²) in [7, 11) is 5.16. The van der Waals surface area contributed by atoms with Crippen LogP contribution in [0.5, 0.6) is 0 Å². The van der Waals surface area contributed by atoms with Crippen LogP contribution in [0.1, 0.15) is 26.7 Å². The summed E-state index contributed by atoms with van der Waals surface area (Å²) in [5.74, 6) is 1.76. The van der Waals surface area contributed by atoms with Crippen molar-refractivity contribution in [1.29, 1.82) is 0 Å². The number of rotatable bonds is 9. The zero-order chi connectivity index (χ0) is 13.6. The Bertz CT molecular complexity index is 214. The standard InChI is InChI=1S/C10H18O4S4/c1-3-15-17-9(11)13-7-5-6-8-14-10(12)18-16-4-2/h3-8H2,1-2H3. The fraction of sp³-hybridized carbons (Fsp3) is 0.800. The van der Waals surface area contributed by atoms with Gasteiger partial charge in [0.2, 0.25) is 0 Å². The van der Waals surface area contributed by atoms with Crippen LogP contribution in [-0.2, 0) is 9.47 Å². The summed E-state index contributed by atoms with van der Waals surface area (Å²) in [4.78, 5) is 22.2. The molecule has 0 unspecified atom stereocenters. The lowest BCUT2D eigenvalue weighted by molar-refractivity contribution is 0.156. The fourth-order valence-electron chi connectivity index (χ4n) is 0.777. The molecule has 0 fully saturated rings. The van der Waals surface area contributed by atoms with Crippen LogP contribution in [0.25, 0.3) is 0 Å². The van der Waals surface area contributed by atoms with Crippen LogP contribution in [0.15, 0.2) is 0 Å². The molecule has 0 saturated carbocycles. The van der Waals surface area contributed by atoms with Crippen LogP contribution in [0.2, 0.25) is 0 Å². The Labute approximate surface area is 124 Å². The zero-order valence-corrected chi connectivity index (χ0v) is 13.8. The highest BCUT2D eigenvalue weighted by molar-refractivity contribution is 8.82. The first-order valence-corrected chi connectivity index (χ1v) is 10.3. The van der Waals surface area contributed by atoms with Gasteiger partial charge in [0.1, 0.15) is 0 Å². The van der Waals surface area contributed by atoms with Crippen LogP contribution >= 0.6 is 43.2 Å². The van der Waals surface area contributed by atoms with E-state index in [1.807, 2.05) is 13.8 Å². The predicted octanol–water partition coefficient (Wildman–Crippen LogP) is 4.84. The third kappa shape index (κ3) is 12.8. The number of hydrogen-bond donors (Lipinski definition) is 0. The molecule has 0 rings (SSSR count). The molecule has 8 heteroatoms. The Kier molecular flexibility index (Phi) is 14.0. The van der Waals surface area contributed by atoms with Crippen molar-refractivity contribution in [3.63, 3.8) is 0 Å². The van der Waals surface area contributed by atoms with Gasteiger partial charge in [0.25, 0.3) is 0 Å². The van der Waals surface area contributed by atoms with Crippen molar-refractivity contribution in [3.05, 3.63) is 0 Å². The Morgan fingerprint density at radius 3 is 1.56 bits per heavy atom. The van der Waals surface area contributed by atoms with Crippen molar-refractivity contribution in [2.75, 3.05) is 24.7 Å². The third-order valence-electron chi connectivity index (χ3n) is 1.47. The van der Waals surface area contributed by atoms with Crippen molar-refractivity contribution in [1.82, 2.24) is 0 Å². The van der Waals surface area contributed by atoms with Crippen LogP contribution < -0.4 is 0 Å². The summed E-state index contributed by atoms with van der Waals surface area (Å²) >= 11 is 0. The highest BCUT2D eigenvalue weighted by Crippen LogP contribution is 2.23. The van der Waals surface area contributed by atoms with E-state index >= 15 is 0 Å². The van der Waals surface area contributed by atoms with Crippen LogP contribution in [0.3, 0.4) is 0 Å². The number of carbonyl (C=O) groups is 2. The Morgan fingerprint density at radius 2 is 1.22 bits per heavy atom. The molecule has 0 aromatic carbocycles. The normalized spacial score (nSPS) is 10.1. The molecular weight excluding hydrogens is 312 g/mol. The molecule has 0 spiro atoms. The monoisotopic (exact) mass is 330 g/mol. The van der Waals surface area contributed by atoms with Gasteiger partial charge in [-0.3, -0.25) is 0 Å². The summed E-state index contributed by atoms with van der Waals surface area (Å²) in [5.41, 5.74) is 0. The van der Waals surface area contributed by atoms with E-state index in [-0.39, 0.29) is 10.6 Å². The summed E-state index contributed by atoms with van der Waals surface area (Å²) in [6.07, 6.45) is 1.42. The molecular formula is C10H18O4S4. The maximum Gasteiger partial charge on any atom is 0.378 e. The van der Waals surface area contributed by atoms with E-state index in [0.29, 0.717) is 26.1 Å². The number of carbonyl (C=O) groups excluding carboxylic acids is 2.